The summed E-state index contributed by atoms with van der Waals surface area (Å²) in [5.74, 6) is 0.175. The number of aryl methyl sites for hydroxylation is 1. The molecule has 3 rings (SSSR count). The number of amides is 1. The molecule has 0 atom stereocenters. The highest BCUT2D eigenvalue weighted by atomic mass is 16.3. The Hall–Kier alpha value is -3.07. The van der Waals surface area contributed by atoms with Crippen LogP contribution in [0.25, 0.3) is 0 Å². The lowest BCUT2D eigenvalue weighted by Gasteiger charge is -2.25. The van der Waals surface area contributed by atoms with E-state index in [-0.39, 0.29) is 11.7 Å². The molecule has 0 bridgehead atoms. The SMILES string of the molecule is Cc1ccccc1N(Cc1ccc(O)cc1)C(=O)c1ccccc1. The number of phenols is 1. The van der Waals surface area contributed by atoms with Gasteiger partial charge < -0.3 is 10.0 Å². The maximum atomic E-state index is 13.0. The number of benzene rings is 3. The van der Waals surface area contributed by atoms with E-state index in [1.807, 2.05) is 73.7 Å². The molecule has 24 heavy (non-hydrogen) atoms. The largest absolute Gasteiger partial charge is 0.508 e. The predicted molar refractivity (Wildman–Crippen MR) is 96.2 cm³/mol. The maximum absolute atomic E-state index is 13.0. The van der Waals surface area contributed by atoms with Crippen LogP contribution in [0.3, 0.4) is 0 Å². The van der Waals surface area contributed by atoms with Gasteiger partial charge in [-0.25, -0.2) is 0 Å². The third-order valence-electron chi connectivity index (χ3n) is 3.95. The number of hydrogen-bond donors (Lipinski definition) is 1. The molecule has 3 aromatic carbocycles. The zero-order chi connectivity index (χ0) is 16.9. The van der Waals surface area contributed by atoms with Crippen LogP contribution in [-0.2, 0) is 6.54 Å². The summed E-state index contributed by atoms with van der Waals surface area (Å²) in [4.78, 5) is 14.8. The van der Waals surface area contributed by atoms with Crippen LogP contribution in [0, 0.1) is 6.92 Å². The van der Waals surface area contributed by atoms with E-state index >= 15 is 0 Å². The van der Waals surface area contributed by atoms with Crippen molar-refractivity contribution in [1.29, 1.82) is 0 Å². The van der Waals surface area contributed by atoms with Crippen LogP contribution < -0.4 is 4.90 Å². The van der Waals surface area contributed by atoms with Crippen LogP contribution >= 0.6 is 0 Å². The second-order valence-corrected chi connectivity index (χ2v) is 5.71. The second-order valence-electron chi connectivity index (χ2n) is 5.71. The summed E-state index contributed by atoms with van der Waals surface area (Å²) in [7, 11) is 0. The molecule has 3 heteroatoms. The van der Waals surface area contributed by atoms with Gasteiger partial charge in [0, 0.05) is 11.3 Å². The first-order valence-electron chi connectivity index (χ1n) is 7.85. The quantitative estimate of drug-likeness (QED) is 0.767. The maximum Gasteiger partial charge on any atom is 0.258 e. The minimum atomic E-state index is -0.0435. The first kappa shape index (κ1) is 15.8. The van der Waals surface area contributed by atoms with Crippen molar-refractivity contribution in [2.45, 2.75) is 13.5 Å². The van der Waals surface area contributed by atoms with E-state index in [4.69, 9.17) is 0 Å². The molecule has 0 spiro atoms. The minimum absolute atomic E-state index is 0.0435. The predicted octanol–water partition coefficient (Wildman–Crippen LogP) is 4.55. The van der Waals surface area contributed by atoms with Crippen LogP contribution in [0.15, 0.2) is 78.9 Å². The third kappa shape index (κ3) is 3.46. The molecule has 3 aromatic rings. The highest BCUT2D eigenvalue weighted by Gasteiger charge is 2.19. The summed E-state index contributed by atoms with van der Waals surface area (Å²) in [6.45, 7) is 2.44. The van der Waals surface area contributed by atoms with Gasteiger partial charge in [0.1, 0.15) is 5.75 Å². The van der Waals surface area contributed by atoms with Crippen molar-refractivity contribution in [2.75, 3.05) is 4.90 Å². The van der Waals surface area contributed by atoms with Crippen LogP contribution in [-0.4, -0.2) is 11.0 Å². The lowest BCUT2D eigenvalue weighted by molar-refractivity contribution is 0.0985. The van der Waals surface area contributed by atoms with Gasteiger partial charge in [-0.15, -0.1) is 0 Å². The van der Waals surface area contributed by atoms with Gasteiger partial charge in [0.15, 0.2) is 0 Å². The van der Waals surface area contributed by atoms with Gasteiger partial charge in [-0.05, 0) is 48.4 Å². The Morgan fingerprint density at radius 1 is 0.875 bits per heavy atom. The van der Waals surface area contributed by atoms with Crippen molar-refractivity contribution < 1.29 is 9.90 Å². The minimum Gasteiger partial charge on any atom is -0.508 e. The fraction of sp³-hybridized carbons (Fsp3) is 0.0952. The van der Waals surface area contributed by atoms with E-state index in [2.05, 4.69) is 0 Å². The summed E-state index contributed by atoms with van der Waals surface area (Å²) in [5.41, 5.74) is 3.54. The second kappa shape index (κ2) is 7.01. The lowest BCUT2D eigenvalue weighted by atomic mass is 10.1. The molecule has 0 aliphatic carbocycles. The molecule has 3 nitrogen and oxygen atoms in total. The third-order valence-corrected chi connectivity index (χ3v) is 3.95. The molecule has 0 unspecified atom stereocenters. The molecule has 120 valence electrons. The number of carbonyl (C=O) groups excluding carboxylic acids is 1. The molecular formula is C21H19NO2. The van der Waals surface area contributed by atoms with Crippen molar-refractivity contribution in [3.8, 4) is 5.75 Å². The van der Waals surface area contributed by atoms with Crippen LogP contribution in [0.5, 0.6) is 5.75 Å². The van der Waals surface area contributed by atoms with E-state index < -0.39 is 0 Å². The number of anilines is 1. The smallest absolute Gasteiger partial charge is 0.258 e. The molecule has 1 N–H and O–H groups in total. The number of nitrogens with zero attached hydrogens (tertiary/aromatic N) is 1. The van der Waals surface area contributed by atoms with Crippen LogP contribution in [0.1, 0.15) is 21.5 Å². The Labute approximate surface area is 141 Å². The molecule has 0 aliphatic heterocycles. The number of rotatable bonds is 4. The number of carbonyl (C=O) groups is 1. The normalized spacial score (nSPS) is 10.4. The van der Waals surface area contributed by atoms with Crippen LogP contribution in [0.4, 0.5) is 5.69 Å². The zero-order valence-corrected chi connectivity index (χ0v) is 13.5. The number of hydrogen-bond acceptors (Lipinski definition) is 2. The molecule has 0 saturated heterocycles. The number of phenolic OH excluding ortho intramolecular Hbond substituents is 1. The van der Waals surface area contributed by atoms with E-state index in [9.17, 15) is 9.90 Å². The first-order chi connectivity index (χ1) is 11.6. The van der Waals surface area contributed by atoms with E-state index in [0.29, 0.717) is 12.1 Å². The van der Waals surface area contributed by atoms with Gasteiger partial charge in [-0.2, -0.15) is 0 Å². The molecule has 0 fully saturated rings. The molecule has 1 amide bonds. The highest BCUT2D eigenvalue weighted by molar-refractivity contribution is 6.06. The van der Waals surface area contributed by atoms with Crippen molar-refractivity contribution in [1.82, 2.24) is 0 Å². The molecule has 0 radical (unpaired) electrons. The Balaban J connectivity index is 1.99. The van der Waals surface area contributed by atoms with E-state index in [1.165, 1.54) is 0 Å². The average Bonchev–Trinajstić information content (AvgIpc) is 2.62. The summed E-state index contributed by atoms with van der Waals surface area (Å²) >= 11 is 0. The lowest BCUT2D eigenvalue weighted by Crippen LogP contribution is -2.31. The topological polar surface area (TPSA) is 40.5 Å². The molecule has 0 heterocycles. The van der Waals surface area contributed by atoms with Crippen molar-refractivity contribution in [3.63, 3.8) is 0 Å². The Bertz CT molecular complexity index is 826. The Morgan fingerprint density at radius 2 is 1.50 bits per heavy atom. The van der Waals surface area contributed by atoms with E-state index in [0.717, 1.165) is 16.8 Å². The molecule has 0 saturated carbocycles. The highest BCUT2D eigenvalue weighted by Crippen LogP contribution is 2.24. The van der Waals surface area contributed by atoms with Gasteiger partial charge in [0.25, 0.3) is 5.91 Å². The summed E-state index contributed by atoms with van der Waals surface area (Å²) in [6, 6.07) is 24.1. The zero-order valence-electron chi connectivity index (χ0n) is 13.5. The fourth-order valence-electron chi connectivity index (χ4n) is 2.65. The standard InChI is InChI=1S/C21H19NO2/c1-16-7-5-6-10-20(16)22(15-17-11-13-19(23)14-12-17)21(24)18-8-3-2-4-9-18/h2-14,23H,15H2,1H3. The van der Waals surface area contributed by atoms with Gasteiger partial charge in [0.2, 0.25) is 0 Å². The van der Waals surface area contributed by atoms with Crippen LogP contribution in [0.2, 0.25) is 0 Å². The molecular weight excluding hydrogens is 298 g/mol. The molecule has 0 aliphatic rings. The monoisotopic (exact) mass is 317 g/mol. The summed E-state index contributed by atoms with van der Waals surface area (Å²) < 4.78 is 0. The van der Waals surface area contributed by atoms with Crippen molar-refractivity contribution in [3.05, 3.63) is 95.6 Å². The first-order valence-corrected chi connectivity index (χ1v) is 7.85. The summed E-state index contributed by atoms with van der Waals surface area (Å²) in [6.07, 6.45) is 0. The van der Waals surface area contributed by atoms with Gasteiger partial charge in [-0.3, -0.25) is 4.79 Å². The van der Waals surface area contributed by atoms with Gasteiger partial charge in [0.05, 0.1) is 6.54 Å². The summed E-state index contributed by atoms with van der Waals surface area (Å²) in [5, 5.41) is 9.46. The fourth-order valence-corrected chi connectivity index (χ4v) is 2.65. The van der Waals surface area contributed by atoms with Crippen molar-refractivity contribution >= 4 is 11.6 Å². The number of para-hydroxylation sites is 1. The number of aromatic hydroxyl groups is 1. The van der Waals surface area contributed by atoms with Gasteiger partial charge in [-0.1, -0.05) is 48.5 Å². The van der Waals surface area contributed by atoms with Gasteiger partial charge >= 0.3 is 0 Å². The van der Waals surface area contributed by atoms with E-state index in [1.54, 1.807) is 17.0 Å². The van der Waals surface area contributed by atoms with Crippen molar-refractivity contribution in [2.24, 2.45) is 0 Å². The Kier molecular flexibility index (Phi) is 4.62. The average molecular weight is 317 g/mol. The Morgan fingerprint density at radius 3 is 2.17 bits per heavy atom. The molecule has 0 aromatic heterocycles.